The van der Waals surface area contributed by atoms with Crippen LogP contribution in [0.25, 0.3) is 0 Å². The van der Waals surface area contributed by atoms with E-state index in [9.17, 15) is 9.18 Å². The van der Waals surface area contributed by atoms with Gasteiger partial charge in [0.15, 0.2) is 6.61 Å². The lowest BCUT2D eigenvalue weighted by Gasteiger charge is -2.39. The minimum atomic E-state index is -0.225. The molecule has 0 unspecified atom stereocenters. The topological polar surface area (TPSA) is 58.8 Å². The van der Waals surface area contributed by atoms with Crippen molar-refractivity contribution in [3.05, 3.63) is 59.4 Å². The molecule has 1 fully saturated rings. The molecule has 1 saturated heterocycles. The van der Waals surface area contributed by atoms with Gasteiger partial charge in [-0.05, 0) is 49.2 Å². The van der Waals surface area contributed by atoms with Crippen molar-refractivity contribution in [2.24, 2.45) is 0 Å². The molecule has 6 heteroatoms. The molecule has 0 spiro atoms. The van der Waals surface area contributed by atoms with Gasteiger partial charge in [-0.2, -0.15) is 0 Å². The maximum absolute atomic E-state index is 13.0. The molecule has 5 nitrogen and oxygen atoms in total. The highest BCUT2D eigenvalue weighted by Gasteiger charge is 2.27. The number of carbonyl (C=O) groups is 1. The number of nitrogens with zero attached hydrogens (tertiary/aromatic N) is 2. The number of hydrogen-bond acceptors (Lipinski definition) is 4. The van der Waals surface area contributed by atoms with E-state index in [0.29, 0.717) is 18.0 Å². The van der Waals surface area contributed by atoms with E-state index in [1.807, 2.05) is 44.7 Å². The number of nitrogen functional groups attached to an aromatic ring is 1. The number of carbonyl (C=O) groups excluding carboxylic acids is 1. The van der Waals surface area contributed by atoms with E-state index < -0.39 is 0 Å². The van der Waals surface area contributed by atoms with Crippen LogP contribution in [-0.2, 0) is 11.3 Å². The maximum atomic E-state index is 13.0. The van der Waals surface area contributed by atoms with Gasteiger partial charge in [-0.25, -0.2) is 4.39 Å². The molecule has 1 atom stereocenters. The van der Waals surface area contributed by atoms with Gasteiger partial charge >= 0.3 is 0 Å². The molecule has 3 rings (SSSR count). The molecule has 2 aromatic carbocycles. The lowest BCUT2D eigenvalue weighted by Crippen LogP contribution is -2.54. The minimum absolute atomic E-state index is 0.0183. The first-order valence-corrected chi connectivity index (χ1v) is 10.2. The lowest BCUT2D eigenvalue weighted by atomic mass is 10.1. The molecule has 1 amide bonds. The highest BCUT2D eigenvalue weighted by Crippen LogP contribution is 2.22. The monoisotopic (exact) mass is 401 g/mol. The third kappa shape index (κ3) is 6.46. The molecular formula is C23H32FN3O2. The Morgan fingerprint density at radius 2 is 1.86 bits per heavy atom. The van der Waals surface area contributed by atoms with Crippen molar-refractivity contribution < 1.29 is 13.9 Å². The molecule has 29 heavy (non-hydrogen) atoms. The standard InChI is InChI=1S/C21H26FN3O2.C2H6/c1-15-3-8-20(19(23)11-15)27-14-21(26)25-10-9-24(12-16(25)2)13-17-4-6-18(22)7-5-17;1-2/h3-8,11,16H,9-10,12-14,23H2,1-2H3;1-2H3/t16-;/m1./s1. The summed E-state index contributed by atoms with van der Waals surface area (Å²) in [7, 11) is 0. The summed E-state index contributed by atoms with van der Waals surface area (Å²) in [6.07, 6.45) is 0. The Kier molecular flexibility index (Phi) is 8.46. The first-order chi connectivity index (χ1) is 13.9. The normalized spacial score (nSPS) is 16.7. The fourth-order valence-electron chi connectivity index (χ4n) is 3.42. The van der Waals surface area contributed by atoms with E-state index >= 15 is 0 Å². The second-order valence-electron chi connectivity index (χ2n) is 7.13. The van der Waals surface area contributed by atoms with Gasteiger partial charge in [0.1, 0.15) is 11.6 Å². The summed E-state index contributed by atoms with van der Waals surface area (Å²) >= 11 is 0. The molecule has 0 radical (unpaired) electrons. The number of amides is 1. The number of benzene rings is 2. The SMILES string of the molecule is CC.Cc1ccc(OCC(=O)N2CCN(Cc3ccc(F)cc3)C[C@H]2C)c(N)c1. The van der Waals surface area contributed by atoms with Crippen molar-refractivity contribution in [3.63, 3.8) is 0 Å². The summed E-state index contributed by atoms with van der Waals surface area (Å²) in [5.74, 6) is 0.275. The summed E-state index contributed by atoms with van der Waals surface area (Å²) < 4.78 is 18.7. The van der Waals surface area contributed by atoms with Crippen LogP contribution in [0.15, 0.2) is 42.5 Å². The molecule has 1 aliphatic rings. The largest absolute Gasteiger partial charge is 0.482 e. The summed E-state index contributed by atoms with van der Waals surface area (Å²) in [5.41, 5.74) is 8.60. The van der Waals surface area contributed by atoms with E-state index in [1.54, 1.807) is 18.2 Å². The zero-order valence-electron chi connectivity index (χ0n) is 17.8. The van der Waals surface area contributed by atoms with Crippen molar-refractivity contribution in [3.8, 4) is 5.75 Å². The smallest absolute Gasteiger partial charge is 0.260 e. The van der Waals surface area contributed by atoms with E-state index in [0.717, 1.165) is 30.8 Å². The Balaban J connectivity index is 0.00000145. The summed E-state index contributed by atoms with van der Waals surface area (Å²) in [6.45, 7) is 10.9. The highest BCUT2D eigenvalue weighted by molar-refractivity contribution is 5.78. The van der Waals surface area contributed by atoms with Gasteiger partial charge in [-0.3, -0.25) is 9.69 Å². The number of halogens is 1. The van der Waals surface area contributed by atoms with Crippen LogP contribution >= 0.6 is 0 Å². The van der Waals surface area contributed by atoms with E-state index in [1.165, 1.54) is 12.1 Å². The van der Waals surface area contributed by atoms with Crippen LogP contribution in [0.5, 0.6) is 5.75 Å². The van der Waals surface area contributed by atoms with Crippen LogP contribution in [0.2, 0.25) is 0 Å². The predicted molar refractivity (Wildman–Crippen MR) is 115 cm³/mol. The van der Waals surface area contributed by atoms with Crippen LogP contribution in [0.1, 0.15) is 31.9 Å². The molecule has 0 saturated carbocycles. The van der Waals surface area contributed by atoms with E-state index in [4.69, 9.17) is 10.5 Å². The Morgan fingerprint density at radius 3 is 2.48 bits per heavy atom. The van der Waals surface area contributed by atoms with Gasteiger partial charge < -0.3 is 15.4 Å². The van der Waals surface area contributed by atoms with Gasteiger partial charge in [0.2, 0.25) is 0 Å². The quantitative estimate of drug-likeness (QED) is 0.773. The minimum Gasteiger partial charge on any atom is -0.482 e. The average Bonchev–Trinajstić information content (AvgIpc) is 2.70. The van der Waals surface area contributed by atoms with Crippen LogP contribution in [0.4, 0.5) is 10.1 Å². The average molecular weight is 402 g/mol. The number of aryl methyl sites for hydroxylation is 1. The van der Waals surface area contributed by atoms with Crippen LogP contribution in [0, 0.1) is 12.7 Å². The number of ether oxygens (including phenoxy) is 1. The molecule has 2 aromatic rings. The van der Waals surface area contributed by atoms with Crippen LogP contribution < -0.4 is 10.5 Å². The van der Waals surface area contributed by atoms with Crippen molar-refractivity contribution in [2.45, 2.75) is 40.3 Å². The van der Waals surface area contributed by atoms with Crippen molar-refractivity contribution in [1.82, 2.24) is 9.80 Å². The molecular weight excluding hydrogens is 369 g/mol. The number of nitrogens with two attached hydrogens (primary N) is 1. The Labute approximate surface area is 173 Å². The van der Waals surface area contributed by atoms with Crippen molar-refractivity contribution in [2.75, 3.05) is 32.0 Å². The van der Waals surface area contributed by atoms with E-state index in [-0.39, 0.29) is 24.4 Å². The number of piperazine rings is 1. The second kappa shape index (κ2) is 10.8. The molecule has 0 aromatic heterocycles. The second-order valence-corrected chi connectivity index (χ2v) is 7.13. The molecule has 158 valence electrons. The van der Waals surface area contributed by atoms with Crippen LogP contribution in [0.3, 0.4) is 0 Å². The fourth-order valence-corrected chi connectivity index (χ4v) is 3.42. The zero-order valence-corrected chi connectivity index (χ0v) is 17.8. The van der Waals surface area contributed by atoms with Gasteiger partial charge in [0.05, 0.1) is 5.69 Å². The van der Waals surface area contributed by atoms with Crippen molar-refractivity contribution >= 4 is 11.6 Å². The Bertz CT molecular complexity index is 795. The number of rotatable bonds is 5. The number of anilines is 1. The zero-order chi connectivity index (χ0) is 21.4. The van der Waals surface area contributed by atoms with E-state index in [2.05, 4.69) is 4.90 Å². The summed E-state index contributed by atoms with van der Waals surface area (Å²) in [4.78, 5) is 16.7. The summed E-state index contributed by atoms with van der Waals surface area (Å²) in [5, 5.41) is 0. The molecule has 1 aliphatic heterocycles. The van der Waals surface area contributed by atoms with Gasteiger partial charge in [-0.15, -0.1) is 0 Å². The van der Waals surface area contributed by atoms with Crippen molar-refractivity contribution in [1.29, 1.82) is 0 Å². The molecule has 0 aliphatic carbocycles. The molecule has 1 heterocycles. The first kappa shape index (κ1) is 22.7. The van der Waals surface area contributed by atoms with Gasteiger partial charge in [-0.1, -0.05) is 32.0 Å². The molecule has 0 bridgehead atoms. The maximum Gasteiger partial charge on any atom is 0.260 e. The predicted octanol–water partition coefficient (Wildman–Crippen LogP) is 3.85. The first-order valence-electron chi connectivity index (χ1n) is 10.2. The number of hydrogen-bond donors (Lipinski definition) is 1. The Morgan fingerprint density at radius 1 is 1.17 bits per heavy atom. The Hall–Kier alpha value is -2.60. The van der Waals surface area contributed by atoms with Gasteiger partial charge in [0.25, 0.3) is 5.91 Å². The third-order valence-corrected chi connectivity index (χ3v) is 4.87. The van der Waals surface area contributed by atoms with Crippen LogP contribution in [-0.4, -0.2) is 48.0 Å². The molecule has 2 N–H and O–H groups in total. The third-order valence-electron chi connectivity index (χ3n) is 4.87. The fraction of sp³-hybridized carbons (Fsp3) is 0.435. The van der Waals surface area contributed by atoms with Gasteiger partial charge in [0, 0.05) is 32.2 Å². The highest BCUT2D eigenvalue weighted by atomic mass is 19.1. The lowest BCUT2D eigenvalue weighted by molar-refractivity contribution is -0.137. The summed E-state index contributed by atoms with van der Waals surface area (Å²) in [6, 6.07) is 12.2.